The molecule has 0 spiro atoms. The maximum Gasteiger partial charge on any atom is 0.389 e. The number of rotatable bonds is 5. The summed E-state index contributed by atoms with van der Waals surface area (Å²) in [5, 5.41) is 3.40. The van der Waals surface area contributed by atoms with Gasteiger partial charge in [-0.3, -0.25) is 0 Å². The van der Waals surface area contributed by atoms with E-state index in [-0.39, 0.29) is 6.42 Å². The molecule has 17 heavy (non-hydrogen) atoms. The molecule has 0 amide bonds. The Morgan fingerprint density at radius 3 is 2.53 bits per heavy atom. The Hall–Kier alpha value is -0.250. The molecule has 0 aromatic heterocycles. The molecule has 0 radical (unpaired) electrons. The molecule has 0 aromatic carbocycles. The first-order valence-electron chi connectivity index (χ1n) is 6.59. The molecular formula is C13H24F3N. The molecular weight excluding hydrogens is 227 g/mol. The van der Waals surface area contributed by atoms with E-state index in [0.29, 0.717) is 17.9 Å². The first-order chi connectivity index (χ1) is 7.79. The van der Waals surface area contributed by atoms with Gasteiger partial charge in [-0.2, -0.15) is 13.2 Å². The lowest BCUT2D eigenvalue weighted by atomic mass is 9.75. The van der Waals surface area contributed by atoms with Crippen molar-refractivity contribution in [3.05, 3.63) is 0 Å². The van der Waals surface area contributed by atoms with Crippen LogP contribution < -0.4 is 5.32 Å². The van der Waals surface area contributed by atoms with Gasteiger partial charge in [-0.15, -0.1) is 0 Å². The second kappa shape index (κ2) is 6.07. The van der Waals surface area contributed by atoms with E-state index in [0.717, 1.165) is 13.0 Å². The maximum atomic E-state index is 11.9. The van der Waals surface area contributed by atoms with Crippen molar-refractivity contribution in [3.63, 3.8) is 0 Å². The summed E-state index contributed by atoms with van der Waals surface area (Å²) in [5.74, 6) is 0. The Balaban J connectivity index is 2.07. The van der Waals surface area contributed by atoms with E-state index < -0.39 is 12.6 Å². The molecule has 4 heteroatoms. The smallest absolute Gasteiger partial charge is 0.314 e. The van der Waals surface area contributed by atoms with Crippen molar-refractivity contribution in [1.82, 2.24) is 5.32 Å². The Morgan fingerprint density at radius 2 is 1.94 bits per heavy atom. The standard InChI is InChI=1S/C13H24F3N/c1-12(2)7-5-6-11(10-12)17-9-4-3-8-13(14,15)16/h11,17H,3-10H2,1-2H3. The molecule has 0 saturated heterocycles. The van der Waals surface area contributed by atoms with Crippen LogP contribution in [0.4, 0.5) is 13.2 Å². The molecule has 1 fully saturated rings. The molecule has 0 heterocycles. The summed E-state index contributed by atoms with van der Waals surface area (Å²) in [7, 11) is 0. The summed E-state index contributed by atoms with van der Waals surface area (Å²) >= 11 is 0. The van der Waals surface area contributed by atoms with E-state index in [9.17, 15) is 13.2 Å². The highest BCUT2D eigenvalue weighted by molar-refractivity contribution is 4.83. The summed E-state index contributed by atoms with van der Waals surface area (Å²) in [6.45, 7) is 5.26. The number of halogens is 3. The van der Waals surface area contributed by atoms with Gasteiger partial charge in [0.2, 0.25) is 0 Å². The molecule has 0 aromatic rings. The topological polar surface area (TPSA) is 12.0 Å². The van der Waals surface area contributed by atoms with Crippen LogP contribution in [0.5, 0.6) is 0 Å². The van der Waals surface area contributed by atoms with Gasteiger partial charge in [0.25, 0.3) is 0 Å². The predicted octanol–water partition coefficient (Wildman–Crippen LogP) is 4.28. The zero-order chi connectivity index (χ0) is 12.9. The average Bonchev–Trinajstić information content (AvgIpc) is 2.13. The summed E-state index contributed by atoms with van der Waals surface area (Å²) in [6.07, 6.45) is 1.03. The van der Waals surface area contributed by atoms with Gasteiger partial charge in [0.05, 0.1) is 0 Å². The van der Waals surface area contributed by atoms with Gasteiger partial charge in [0.15, 0.2) is 0 Å². The Labute approximate surface area is 102 Å². The Kier molecular flexibility index (Phi) is 5.29. The van der Waals surface area contributed by atoms with Crippen LogP contribution in [0.15, 0.2) is 0 Å². The fourth-order valence-electron chi connectivity index (χ4n) is 2.63. The third kappa shape index (κ3) is 6.92. The minimum atomic E-state index is -3.99. The van der Waals surface area contributed by atoms with Crippen molar-refractivity contribution in [2.75, 3.05) is 6.54 Å². The molecule has 102 valence electrons. The van der Waals surface area contributed by atoms with Gasteiger partial charge in [-0.05, 0) is 44.1 Å². The SMILES string of the molecule is CC1(C)CCCC(NCCCCC(F)(F)F)C1. The minimum absolute atomic E-state index is 0.243. The molecule has 1 saturated carbocycles. The van der Waals surface area contributed by atoms with Crippen molar-refractivity contribution >= 4 is 0 Å². The van der Waals surface area contributed by atoms with Crippen LogP contribution >= 0.6 is 0 Å². The van der Waals surface area contributed by atoms with Gasteiger partial charge in [0, 0.05) is 12.5 Å². The van der Waals surface area contributed by atoms with Gasteiger partial charge < -0.3 is 5.32 Å². The second-order valence-electron chi connectivity index (χ2n) is 5.98. The highest BCUT2D eigenvalue weighted by Gasteiger charge is 2.28. The van der Waals surface area contributed by atoms with Crippen molar-refractivity contribution in [2.24, 2.45) is 5.41 Å². The van der Waals surface area contributed by atoms with Crippen molar-refractivity contribution in [3.8, 4) is 0 Å². The fourth-order valence-corrected chi connectivity index (χ4v) is 2.63. The molecule has 1 unspecified atom stereocenters. The zero-order valence-corrected chi connectivity index (χ0v) is 10.9. The first-order valence-corrected chi connectivity index (χ1v) is 6.59. The van der Waals surface area contributed by atoms with Crippen LogP contribution in [0, 0.1) is 5.41 Å². The van der Waals surface area contributed by atoms with E-state index in [4.69, 9.17) is 0 Å². The lowest BCUT2D eigenvalue weighted by Crippen LogP contribution is -2.37. The lowest BCUT2D eigenvalue weighted by molar-refractivity contribution is -0.135. The summed E-state index contributed by atoms with van der Waals surface area (Å²) < 4.78 is 35.8. The Morgan fingerprint density at radius 1 is 1.24 bits per heavy atom. The number of nitrogens with one attached hydrogen (secondary N) is 1. The largest absolute Gasteiger partial charge is 0.389 e. The van der Waals surface area contributed by atoms with Gasteiger partial charge in [-0.1, -0.05) is 20.3 Å². The minimum Gasteiger partial charge on any atom is -0.314 e. The molecule has 0 aliphatic heterocycles. The number of hydrogen-bond donors (Lipinski definition) is 1. The van der Waals surface area contributed by atoms with E-state index in [1.165, 1.54) is 19.3 Å². The molecule has 1 nitrogen and oxygen atoms in total. The normalized spacial score (nSPS) is 24.9. The van der Waals surface area contributed by atoms with Crippen molar-refractivity contribution in [1.29, 1.82) is 0 Å². The molecule has 1 atom stereocenters. The van der Waals surface area contributed by atoms with Crippen LogP contribution in [-0.2, 0) is 0 Å². The average molecular weight is 251 g/mol. The Bertz CT molecular complexity index is 223. The highest BCUT2D eigenvalue weighted by atomic mass is 19.4. The number of unbranched alkanes of at least 4 members (excludes halogenated alkanes) is 1. The van der Waals surface area contributed by atoms with E-state index in [1.807, 2.05) is 0 Å². The van der Waals surface area contributed by atoms with E-state index in [2.05, 4.69) is 19.2 Å². The van der Waals surface area contributed by atoms with Crippen LogP contribution in [0.25, 0.3) is 0 Å². The zero-order valence-electron chi connectivity index (χ0n) is 10.9. The summed E-state index contributed by atoms with van der Waals surface area (Å²) in [5.41, 5.74) is 0.391. The number of hydrogen-bond acceptors (Lipinski definition) is 1. The molecule has 1 aliphatic carbocycles. The van der Waals surface area contributed by atoms with Crippen molar-refractivity contribution in [2.45, 2.75) is 71.0 Å². The van der Waals surface area contributed by atoms with E-state index >= 15 is 0 Å². The quantitative estimate of drug-likeness (QED) is 0.719. The molecule has 1 N–H and O–H groups in total. The van der Waals surface area contributed by atoms with E-state index in [1.54, 1.807) is 0 Å². The van der Waals surface area contributed by atoms with Crippen LogP contribution in [0.2, 0.25) is 0 Å². The van der Waals surface area contributed by atoms with Gasteiger partial charge >= 0.3 is 6.18 Å². The van der Waals surface area contributed by atoms with Crippen LogP contribution in [-0.4, -0.2) is 18.8 Å². The van der Waals surface area contributed by atoms with Gasteiger partial charge in [-0.25, -0.2) is 0 Å². The summed E-state index contributed by atoms with van der Waals surface area (Å²) in [6, 6.07) is 0.504. The second-order valence-corrected chi connectivity index (χ2v) is 5.98. The molecule has 1 rings (SSSR count). The first kappa shape index (κ1) is 14.8. The summed E-state index contributed by atoms with van der Waals surface area (Å²) in [4.78, 5) is 0. The van der Waals surface area contributed by atoms with Gasteiger partial charge in [0.1, 0.15) is 0 Å². The molecule has 0 bridgehead atoms. The highest BCUT2D eigenvalue weighted by Crippen LogP contribution is 2.35. The maximum absolute atomic E-state index is 11.9. The van der Waals surface area contributed by atoms with Crippen LogP contribution in [0.3, 0.4) is 0 Å². The number of alkyl halides is 3. The fraction of sp³-hybridized carbons (Fsp3) is 1.00. The van der Waals surface area contributed by atoms with Crippen LogP contribution in [0.1, 0.15) is 58.8 Å². The predicted molar refractivity (Wildman–Crippen MR) is 63.9 cm³/mol. The third-order valence-corrected chi connectivity index (χ3v) is 3.53. The third-order valence-electron chi connectivity index (χ3n) is 3.53. The molecule has 1 aliphatic rings. The monoisotopic (exact) mass is 251 g/mol. The van der Waals surface area contributed by atoms with Crippen molar-refractivity contribution < 1.29 is 13.2 Å². The lowest BCUT2D eigenvalue weighted by Gasteiger charge is -2.35.